The lowest BCUT2D eigenvalue weighted by atomic mass is 10.1. The van der Waals surface area contributed by atoms with Gasteiger partial charge in [-0.25, -0.2) is 9.78 Å². The summed E-state index contributed by atoms with van der Waals surface area (Å²) in [4.78, 5) is 40.9. The van der Waals surface area contributed by atoms with E-state index >= 15 is 0 Å². The van der Waals surface area contributed by atoms with Crippen molar-refractivity contribution in [3.8, 4) is 11.3 Å². The zero-order valence-electron chi connectivity index (χ0n) is 24.0. The first-order valence-electron chi connectivity index (χ1n) is 14.1. The van der Waals surface area contributed by atoms with Crippen LogP contribution in [0.15, 0.2) is 60.9 Å². The maximum Gasteiger partial charge on any atom is 0.410 e. The summed E-state index contributed by atoms with van der Waals surface area (Å²) < 4.78 is 10.9. The minimum absolute atomic E-state index is 0.307. The van der Waals surface area contributed by atoms with Crippen LogP contribution in [0.2, 0.25) is 0 Å². The molecule has 2 aliphatic heterocycles. The molecule has 41 heavy (non-hydrogen) atoms. The van der Waals surface area contributed by atoms with Crippen molar-refractivity contribution in [1.82, 2.24) is 19.8 Å². The van der Waals surface area contributed by atoms with E-state index in [4.69, 9.17) is 9.47 Å². The number of nitrogens with zero attached hydrogens (tertiary/aromatic N) is 5. The molecule has 2 aromatic heterocycles. The number of benzene rings is 1. The van der Waals surface area contributed by atoms with Crippen LogP contribution in [0.4, 0.5) is 16.2 Å². The van der Waals surface area contributed by atoms with Crippen LogP contribution >= 0.6 is 0 Å². The molecule has 216 valence electrons. The number of morpholine rings is 1. The predicted molar refractivity (Wildman–Crippen MR) is 158 cm³/mol. The Bertz CT molecular complexity index is 1340. The molecule has 0 radical (unpaired) electrons. The van der Waals surface area contributed by atoms with E-state index < -0.39 is 5.60 Å². The molecule has 1 N–H and O–H groups in total. The lowest BCUT2D eigenvalue weighted by Gasteiger charge is -2.37. The molecule has 0 atom stereocenters. The second kappa shape index (κ2) is 12.7. The van der Waals surface area contributed by atoms with Gasteiger partial charge in [0.2, 0.25) is 0 Å². The standard InChI is InChI=1S/C31H38N6O4/c1-31(2,3)41-30(39)37-15-13-36(14-16-37)28-11-12-32-21-27(28)34-29(38)26-6-4-5-25(33-26)24-9-7-23(8-10-24)22-35-17-19-40-20-18-35/h4-12,21H,13-20,22H2,1-3H3,(H,34,38). The number of pyridine rings is 2. The Labute approximate surface area is 241 Å². The number of anilines is 2. The van der Waals surface area contributed by atoms with E-state index in [0.29, 0.717) is 37.6 Å². The van der Waals surface area contributed by atoms with Gasteiger partial charge in [-0.15, -0.1) is 0 Å². The molecule has 0 aliphatic carbocycles. The number of nitrogens with one attached hydrogen (secondary N) is 1. The zero-order chi connectivity index (χ0) is 28.8. The van der Waals surface area contributed by atoms with E-state index in [1.807, 2.05) is 39.0 Å². The summed E-state index contributed by atoms with van der Waals surface area (Å²) in [7, 11) is 0. The predicted octanol–water partition coefficient (Wildman–Crippen LogP) is 4.29. The highest BCUT2D eigenvalue weighted by Crippen LogP contribution is 2.27. The minimum atomic E-state index is -0.533. The van der Waals surface area contributed by atoms with Crippen molar-refractivity contribution in [3.63, 3.8) is 0 Å². The van der Waals surface area contributed by atoms with Crippen molar-refractivity contribution in [3.05, 3.63) is 72.2 Å². The fourth-order valence-corrected chi connectivity index (χ4v) is 4.92. The Morgan fingerprint density at radius 3 is 2.39 bits per heavy atom. The van der Waals surface area contributed by atoms with Crippen LogP contribution in [-0.2, 0) is 16.0 Å². The van der Waals surface area contributed by atoms with Crippen LogP contribution in [-0.4, -0.2) is 89.9 Å². The lowest BCUT2D eigenvalue weighted by molar-refractivity contribution is 0.0240. The van der Waals surface area contributed by atoms with Gasteiger partial charge in [-0.1, -0.05) is 30.3 Å². The van der Waals surface area contributed by atoms with Crippen molar-refractivity contribution in [2.24, 2.45) is 0 Å². The summed E-state index contributed by atoms with van der Waals surface area (Å²) in [5.74, 6) is -0.308. The number of carbonyl (C=O) groups excluding carboxylic acids is 2. The number of rotatable bonds is 6. The number of carbonyl (C=O) groups is 2. The van der Waals surface area contributed by atoms with Crippen molar-refractivity contribution < 1.29 is 19.1 Å². The third kappa shape index (κ3) is 7.59. The van der Waals surface area contributed by atoms with E-state index in [0.717, 1.165) is 49.8 Å². The largest absolute Gasteiger partial charge is 0.444 e. The molecule has 2 saturated heterocycles. The average Bonchev–Trinajstić information content (AvgIpc) is 2.98. The Morgan fingerprint density at radius 2 is 1.68 bits per heavy atom. The highest BCUT2D eigenvalue weighted by atomic mass is 16.6. The maximum atomic E-state index is 13.3. The second-order valence-electron chi connectivity index (χ2n) is 11.3. The Hall–Kier alpha value is -4.02. The number of aromatic nitrogens is 2. The van der Waals surface area contributed by atoms with Gasteiger partial charge in [0.25, 0.3) is 5.91 Å². The van der Waals surface area contributed by atoms with Gasteiger partial charge in [0.1, 0.15) is 11.3 Å². The van der Waals surface area contributed by atoms with Gasteiger partial charge in [-0.05, 0) is 44.5 Å². The molecule has 0 saturated carbocycles. The fraction of sp³-hybridized carbons (Fsp3) is 0.419. The molecular weight excluding hydrogens is 520 g/mol. The van der Waals surface area contributed by atoms with Gasteiger partial charge in [0.15, 0.2) is 0 Å². The molecular formula is C31H38N6O4. The molecule has 10 nitrogen and oxygen atoms in total. The van der Waals surface area contributed by atoms with Gasteiger partial charge in [0.05, 0.1) is 36.5 Å². The highest BCUT2D eigenvalue weighted by Gasteiger charge is 2.27. The minimum Gasteiger partial charge on any atom is -0.444 e. The first kappa shape index (κ1) is 28.5. The number of hydrogen-bond acceptors (Lipinski definition) is 8. The van der Waals surface area contributed by atoms with Gasteiger partial charge in [-0.2, -0.15) is 0 Å². The highest BCUT2D eigenvalue weighted by molar-refractivity contribution is 6.04. The monoisotopic (exact) mass is 558 g/mol. The van der Waals surface area contributed by atoms with Crippen LogP contribution in [0.1, 0.15) is 36.8 Å². The topological polar surface area (TPSA) is 100 Å². The summed E-state index contributed by atoms with van der Waals surface area (Å²) in [6.45, 7) is 12.2. The summed E-state index contributed by atoms with van der Waals surface area (Å²) >= 11 is 0. The zero-order valence-corrected chi connectivity index (χ0v) is 24.0. The van der Waals surface area contributed by atoms with Crippen molar-refractivity contribution in [1.29, 1.82) is 0 Å². The molecule has 1 aromatic carbocycles. The Balaban J connectivity index is 1.22. The molecule has 4 heterocycles. The maximum absolute atomic E-state index is 13.3. The Kier molecular flexibility index (Phi) is 8.80. The van der Waals surface area contributed by atoms with Gasteiger partial charge >= 0.3 is 6.09 Å². The molecule has 3 aromatic rings. The normalized spacial score (nSPS) is 16.4. The molecule has 0 bridgehead atoms. The number of piperazine rings is 1. The first-order chi connectivity index (χ1) is 19.7. The smallest absolute Gasteiger partial charge is 0.410 e. The van der Waals surface area contributed by atoms with Crippen LogP contribution < -0.4 is 10.2 Å². The fourth-order valence-electron chi connectivity index (χ4n) is 4.92. The molecule has 0 unspecified atom stereocenters. The summed E-state index contributed by atoms with van der Waals surface area (Å²) in [6.07, 6.45) is 3.04. The van der Waals surface area contributed by atoms with Crippen molar-refractivity contribution in [2.75, 3.05) is 62.7 Å². The Morgan fingerprint density at radius 1 is 0.951 bits per heavy atom. The van der Waals surface area contributed by atoms with Crippen LogP contribution in [0, 0.1) is 0 Å². The third-order valence-corrected chi connectivity index (χ3v) is 7.06. The van der Waals surface area contributed by atoms with E-state index in [9.17, 15) is 9.59 Å². The summed E-state index contributed by atoms with van der Waals surface area (Å²) in [5.41, 5.74) is 4.17. The SMILES string of the molecule is CC(C)(C)OC(=O)N1CCN(c2ccncc2NC(=O)c2cccc(-c3ccc(CN4CCOCC4)cc3)n2)CC1. The van der Waals surface area contributed by atoms with Gasteiger partial charge in [-0.3, -0.25) is 14.7 Å². The van der Waals surface area contributed by atoms with Crippen molar-refractivity contribution in [2.45, 2.75) is 32.9 Å². The van der Waals surface area contributed by atoms with Gasteiger partial charge < -0.3 is 24.6 Å². The van der Waals surface area contributed by atoms with Crippen LogP contribution in [0.3, 0.4) is 0 Å². The van der Waals surface area contributed by atoms with Crippen molar-refractivity contribution >= 4 is 23.4 Å². The number of ether oxygens (including phenoxy) is 2. The molecule has 2 aliphatic rings. The summed E-state index contributed by atoms with van der Waals surface area (Å²) in [6, 6.07) is 15.7. The van der Waals surface area contributed by atoms with E-state index in [1.165, 1.54) is 5.56 Å². The van der Waals surface area contributed by atoms with E-state index in [2.05, 4.69) is 49.4 Å². The number of hydrogen-bond donors (Lipinski definition) is 1. The average molecular weight is 559 g/mol. The third-order valence-electron chi connectivity index (χ3n) is 7.06. The van der Waals surface area contributed by atoms with Gasteiger partial charge in [0, 0.05) is 57.6 Å². The number of amides is 2. The quantitative estimate of drug-likeness (QED) is 0.479. The molecule has 0 spiro atoms. The van der Waals surface area contributed by atoms with Crippen LogP contribution in [0.5, 0.6) is 0 Å². The molecule has 2 fully saturated rings. The molecule has 10 heteroatoms. The first-order valence-corrected chi connectivity index (χ1v) is 14.1. The van der Waals surface area contributed by atoms with E-state index in [1.54, 1.807) is 23.4 Å². The molecule has 2 amide bonds. The van der Waals surface area contributed by atoms with Crippen LogP contribution in [0.25, 0.3) is 11.3 Å². The van der Waals surface area contributed by atoms with E-state index in [-0.39, 0.29) is 12.0 Å². The molecule has 5 rings (SSSR count). The summed E-state index contributed by atoms with van der Waals surface area (Å²) in [5, 5.41) is 3.00. The lowest BCUT2D eigenvalue weighted by Crippen LogP contribution is -2.50. The second-order valence-corrected chi connectivity index (χ2v) is 11.3.